The molecule has 0 aliphatic rings. The number of ether oxygens (including phenoxy) is 2. The zero-order valence-corrected chi connectivity index (χ0v) is 17.1. The molecule has 0 fully saturated rings. The maximum atomic E-state index is 5.93. The van der Waals surface area contributed by atoms with Gasteiger partial charge in [-0.25, -0.2) is 4.98 Å². The molecule has 0 amide bonds. The fraction of sp³-hybridized carbons (Fsp3) is 0.250. The molecule has 2 aromatic carbocycles. The lowest BCUT2D eigenvalue weighted by Gasteiger charge is -2.18. The Hall–Kier alpha value is -3.34. The summed E-state index contributed by atoms with van der Waals surface area (Å²) in [5.41, 5.74) is 4.67. The quantitative estimate of drug-likeness (QED) is 0.434. The summed E-state index contributed by atoms with van der Waals surface area (Å²) in [5, 5.41) is 0. The van der Waals surface area contributed by atoms with Gasteiger partial charge in [0.1, 0.15) is 23.6 Å². The van der Waals surface area contributed by atoms with Gasteiger partial charge in [0.2, 0.25) is 5.89 Å². The number of fused-ring (bicyclic) bond motifs is 1. The lowest BCUT2D eigenvalue weighted by molar-refractivity contribution is 0.301. The van der Waals surface area contributed by atoms with E-state index in [-0.39, 0.29) is 5.41 Å². The van der Waals surface area contributed by atoms with Crippen LogP contribution in [-0.2, 0) is 12.0 Å². The second-order valence-electron chi connectivity index (χ2n) is 7.95. The first-order valence-electron chi connectivity index (χ1n) is 9.55. The zero-order valence-electron chi connectivity index (χ0n) is 17.1. The molecular weight excluding hydrogens is 364 g/mol. The van der Waals surface area contributed by atoms with E-state index in [0.29, 0.717) is 12.5 Å². The molecule has 0 aliphatic carbocycles. The highest BCUT2D eigenvalue weighted by Gasteiger charge is 2.15. The van der Waals surface area contributed by atoms with Crippen LogP contribution in [0.25, 0.3) is 22.6 Å². The molecule has 0 saturated carbocycles. The molecule has 148 valence electrons. The van der Waals surface area contributed by atoms with E-state index in [1.165, 1.54) is 5.56 Å². The molecule has 0 aliphatic heterocycles. The average Bonchev–Trinajstić information content (AvgIpc) is 3.15. The van der Waals surface area contributed by atoms with Crippen molar-refractivity contribution in [2.75, 3.05) is 7.11 Å². The van der Waals surface area contributed by atoms with Crippen LogP contribution in [0.1, 0.15) is 32.0 Å². The maximum Gasteiger partial charge on any atom is 0.227 e. The van der Waals surface area contributed by atoms with E-state index in [2.05, 4.69) is 55.0 Å². The van der Waals surface area contributed by atoms with E-state index >= 15 is 0 Å². The number of rotatable bonds is 5. The van der Waals surface area contributed by atoms with Crippen LogP contribution in [0, 0.1) is 0 Å². The van der Waals surface area contributed by atoms with E-state index in [1.807, 2.05) is 30.3 Å². The molecule has 4 rings (SSSR count). The zero-order chi connectivity index (χ0) is 20.4. The van der Waals surface area contributed by atoms with E-state index in [1.54, 1.807) is 13.3 Å². The van der Waals surface area contributed by atoms with Gasteiger partial charge in [-0.05, 0) is 47.4 Å². The fourth-order valence-corrected chi connectivity index (χ4v) is 3.01. The second kappa shape index (κ2) is 7.59. The number of pyridine rings is 1. The van der Waals surface area contributed by atoms with E-state index in [4.69, 9.17) is 13.9 Å². The van der Waals surface area contributed by atoms with Crippen molar-refractivity contribution < 1.29 is 13.9 Å². The van der Waals surface area contributed by atoms with Crippen molar-refractivity contribution in [3.8, 4) is 23.0 Å². The molecule has 0 unspecified atom stereocenters. The molecule has 4 aromatic rings. The molecule has 5 nitrogen and oxygen atoms in total. The second-order valence-corrected chi connectivity index (χ2v) is 7.95. The Bertz CT molecular complexity index is 1110. The molecule has 0 bridgehead atoms. The Balaban J connectivity index is 1.51. The van der Waals surface area contributed by atoms with Crippen molar-refractivity contribution in [3.63, 3.8) is 0 Å². The average molecular weight is 388 g/mol. The Morgan fingerprint density at radius 2 is 1.69 bits per heavy atom. The molecule has 0 radical (unpaired) electrons. The molecule has 5 heteroatoms. The third-order valence-corrected chi connectivity index (χ3v) is 4.78. The first kappa shape index (κ1) is 19.0. The largest absolute Gasteiger partial charge is 0.495 e. The standard InChI is InChI=1S/C24H24N2O3/c1-24(2,3)17-7-5-16(6-8-17)23-26-21-13-19(11-12-22(21)29-23)28-15-18-9-10-20(27-4)14-25-18/h5-14H,15H2,1-4H3. The van der Waals surface area contributed by atoms with Gasteiger partial charge < -0.3 is 13.9 Å². The van der Waals surface area contributed by atoms with E-state index in [9.17, 15) is 0 Å². The number of oxazole rings is 1. The van der Waals surface area contributed by atoms with Crippen molar-refractivity contribution in [2.45, 2.75) is 32.8 Å². The first-order chi connectivity index (χ1) is 13.9. The summed E-state index contributed by atoms with van der Waals surface area (Å²) in [5.74, 6) is 2.05. The molecule has 0 spiro atoms. The van der Waals surface area contributed by atoms with E-state index < -0.39 is 0 Å². The lowest BCUT2D eigenvalue weighted by Crippen LogP contribution is -2.10. The molecule has 2 heterocycles. The molecule has 0 N–H and O–H groups in total. The summed E-state index contributed by atoms with van der Waals surface area (Å²) in [6.07, 6.45) is 1.68. The third kappa shape index (κ3) is 4.24. The van der Waals surface area contributed by atoms with Gasteiger partial charge in [0, 0.05) is 11.6 Å². The summed E-state index contributed by atoms with van der Waals surface area (Å²) >= 11 is 0. The monoisotopic (exact) mass is 388 g/mol. The Morgan fingerprint density at radius 3 is 2.34 bits per heavy atom. The molecule has 2 aromatic heterocycles. The van der Waals surface area contributed by atoms with Crippen molar-refractivity contribution >= 4 is 11.1 Å². The van der Waals surface area contributed by atoms with Gasteiger partial charge in [0.05, 0.1) is 19.0 Å². The highest BCUT2D eigenvalue weighted by atomic mass is 16.5. The van der Waals surface area contributed by atoms with Crippen molar-refractivity contribution in [3.05, 3.63) is 72.1 Å². The Labute approximate surface area is 170 Å². The third-order valence-electron chi connectivity index (χ3n) is 4.78. The lowest BCUT2D eigenvalue weighted by atomic mass is 9.87. The van der Waals surface area contributed by atoms with Gasteiger partial charge in [-0.3, -0.25) is 4.98 Å². The van der Waals surface area contributed by atoms with Crippen LogP contribution in [0.4, 0.5) is 0 Å². The highest BCUT2D eigenvalue weighted by Crippen LogP contribution is 2.29. The molecule has 29 heavy (non-hydrogen) atoms. The smallest absolute Gasteiger partial charge is 0.227 e. The highest BCUT2D eigenvalue weighted by molar-refractivity contribution is 5.77. The van der Waals surface area contributed by atoms with Gasteiger partial charge in [0.25, 0.3) is 0 Å². The SMILES string of the molecule is COc1ccc(COc2ccc3oc(-c4ccc(C(C)(C)C)cc4)nc3c2)nc1. The predicted octanol–water partition coefficient (Wildman–Crippen LogP) is 5.77. The minimum atomic E-state index is 0.116. The maximum absolute atomic E-state index is 5.93. The van der Waals surface area contributed by atoms with Gasteiger partial charge >= 0.3 is 0 Å². The number of nitrogens with zero attached hydrogens (tertiary/aromatic N) is 2. The van der Waals surface area contributed by atoms with Gasteiger partial charge in [-0.2, -0.15) is 0 Å². The predicted molar refractivity (Wildman–Crippen MR) is 113 cm³/mol. The van der Waals surface area contributed by atoms with Crippen LogP contribution in [0.3, 0.4) is 0 Å². The number of benzene rings is 2. The first-order valence-corrected chi connectivity index (χ1v) is 9.55. The van der Waals surface area contributed by atoms with Crippen LogP contribution in [0.15, 0.2) is 65.2 Å². The van der Waals surface area contributed by atoms with Gasteiger partial charge in [0.15, 0.2) is 5.58 Å². The molecule has 0 saturated heterocycles. The molecule has 0 atom stereocenters. The number of aromatic nitrogens is 2. The Kier molecular flexibility index (Phi) is 4.97. The topological polar surface area (TPSA) is 57.4 Å². The van der Waals surface area contributed by atoms with Gasteiger partial charge in [-0.15, -0.1) is 0 Å². The van der Waals surface area contributed by atoms with Crippen molar-refractivity contribution in [2.24, 2.45) is 0 Å². The van der Waals surface area contributed by atoms with Crippen LogP contribution < -0.4 is 9.47 Å². The summed E-state index contributed by atoms with van der Waals surface area (Å²) in [4.78, 5) is 8.95. The van der Waals surface area contributed by atoms with Crippen molar-refractivity contribution in [1.29, 1.82) is 0 Å². The number of methoxy groups -OCH3 is 1. The summed E-state index contributed by atoms with van der Waals surface area (Å²) in [6.45, 7) is 6.97. The summed E-state index contributed by atoms with van der Waals surface area (Å²) in [7, 11) is 1.62. The van der Waals surface area contributed by atoms with Crippen molar-refractivity contribution in [1.82, 2.24) is 9.97 Å². The van der Waals surface area contributed by atoms with Crippen LogP contribution in [0.2, 0.25) is 0 Å². The van der Waals surface area contributed by atoms with Gasteiger partial charge in [-0.1, -0.05) is 32.9 Å². The number of hydrogen-bond donors (Lipinski definition) is 0. The summed E-state index contributed by atoms with van der Waals surface area (Å²) < 4.78 is 16.9. The minimum absolute atomic E-state index is 0.116. The Morgan fingerprint density at radius 1 is 0.931 bits per heavy atom. The van der Waals surface area contributed by atoms with Crippen LogP contribution >= 0.6 is 0 Å². The normalized spacial score (nSPS) is 11.6. The summed E-state index contributed by atoms with van der Waals surface area (Å²) in [6, 6.07) is 17.7. The minimum Gasteiger partial charge on any atom is -0.495 e. The van der Waals surface area contributed by atoms with Crippen LogP contribution in [-0.4, -0.2) is 17.1 Å². The van der Waals surface area contributed by atoms with E-state index in [0.717, 1.165) is 33.9 Å². The number of hydrogen-bond acceptors (Lipinski definition) is 5. The fourth-order valence-electron chi connectivity index (χ4n) is 3.01. The molecular formula is C24H24N2O3. The van der Waals surface area contributed by atoms with Crippen LogP contribution in [0.5, 0.6) is 11.5 Å².